The van der Waals surface area contributed by atoms with Crippen molar-refractivity contribution in [2.75, 3.05) is 13.7 Å². The Hall–Kier alpha value is -1.00. The fourth-order valence-corrected chi connectivity index (χ4v) is 9.33. The molecule has 178 valence electrons. The molecule has 4 heteroatoms. The first-order valence-electron chi connectivity index (χ1n) is 13.3. The molecule has 4 aliphatic carbocycles. The van der Waals surface area contributed by atoms with Crippen LogP contribution in [0.5, 0.6) is 0 Å². The van der Waals surface area contributed by atoms with Crippen LogP contribution in [0.1, 0.15) is 83.0 Å². The van der Waals surface area contributed by atoms with Gasteiger partial charge in [-0.1, -0.05) is 13.8 Å². The van der Waals surface area contributed by atoms with Crippen molar-refractivity contribution in [3.8, 4) is 0 Å². The third kappa shape index (κ3) is 3.94. The predicted molar refractivity (Wildman–Crippen MR) is 127 cm³/mol. The summed E-state index contributed by atoms with van der Waals surface area (Å²) in [5.74, 6) is 5.76. The van der Waals surface area contributed by atoms with E-state index in [4.69, 9.17) is 4.74 Å². The number of ether oxygens (including phenoxy) is 1. The first kappa shape index (κ1) is 22.8. The van der Waals surface area contributed by atoms with Gasteiger partial charge in [-0.25, -0.2) is 0 Å². The fourth-order valence-electron chi connectivity index (χ4n) is 9.33. The maximum Gasteiger partial charge on any atom is 0.0882 e. The second kappa shape index (κ2) is 8.65. The van der Waals surface area contributed by atoms with E-state index in [-0.39, 0.29) is 0 Å². The maximum absolute atomic E-state index is 11.0. The minimum Gasteiger partial charge on any atom is -0.387 e. The van der Waals surface area contributed by atoms with Crippen LogP contribution in [0, 0.1) is 53.8 Å². The third-order valence-corrected chi connectivity index (χ3v) is 10.6. The van der Waals surface area contributed by atoms with Gasteiger partial charge >= 0.3 is 0 Å². The topological polar surface area (TPSA) is 55.2 Å². The minimum atomic E-state index is -0.571. The molecule has 0 bridgehead atoms. The van der Waals surface area contributed by atoms with Crippen molar-refractivity contribution >= 4 is 0 Å². The number of methoxy groups -OCH3 is 1. The molecule has 0 unspecified atom stereocenters. The van der Waals surface area contributed by atoms with Gasteiger partial charge in [0.1, 0.15) is 0 Å². The third-order valence-electron chi connectivity index (χ3n) is 10.6. The smallest absolute Gasteiger partial charge is 0.0882 e. The molecular weight excluding hydrogens is 396 g/mol. The van der Waals surface area contributed by atoms with E-state index >= 15 is 0 Å². The van der Waals surface area contributed by atoms with Crippen LogP contribution in [0.25, 0.3) is 0 Å². The number of aryl methyl sites for hydroxylation is 1. The number of aliphatic hydroxyl groups is 1. The second-order valence-corrected chi connectivity index (χ2v) is 12.4. The molecule has 1 N–H and O–H groups in total. The lowest BCUT2D eigenvalue weighted by Crippen LogP contribution is -2.52. The van der Waals surface area contributed by atoms with Gasteiger partial charge < -0.3 is 9.84 Å². The highest BCUT2D eigenvalue weighted by Gasteiger charge is 2.58. The Kier molecular flexibility index (Phi) is 6.16. The lowest BCUT2D eigenvalue weighted by molar-refractivity contribution is -0.125. The highest BCUT2D eigenvalue weighted by atomic mass is 16.5. The fraction of sp³-hybridized carbons (Fsp3) is 0.857. The van der Waals surface area contributed by atoms with Crippen LogP contribution in [-0.2, 0) is 11.2 Å². The summed E-state index contributed by atoms with van der Waals surface area (Å²) in [4.78, 5) is 9.14. The average Bonchev–Trinajstić information content (AvgIpc) is 3.12. The Balaban J connectivity index is 1.27. The summed E-state index contributed by atoms with van der Waals surface area (Å²) in [5.41, 5.74) is 2.09. The van der Waals surface area contributed by atoms with E-state index in [1.807, 2.05) is 19.3 Å². The summed E-state index contributed by atoms with van der Waals surface area (Å²) < 4.78 is 5.36. The molecule has 0 aromatic carbocycles. The molecule has 1 aromatic rings. The van der Waals surface area contributed by atoms with Crippen LogP contribution in [0.2, 0.25) is 0 Å². The average molecular weight is 441 g/mol. The molecule has 0 aliphatic heterocycles. The molecule has 4 aliphatic rings. The number of nitrogens with zero attached hydrogens (tertiary/aromatic N) is 2. The zero-order valence-electron chi connectivity index (χ0n) is 20.7. The van der Waals surface area contributed by atoms with E-state index in [2.05, 4.69) is 23.8 Å². The van der Waals surface area contributed by atoms with E-state index in [0.717, 1.165) is 60.2 Å². The molecule has 1 aromatic heterocycles. The molecule has 32 heavy (non-hydrogen) atoms. The summed E-state index contributed by atoms with van der Waals surface area (Å²) in [7, 11) is 1.73. The van der Waals surface area contributed by atoms with Gasteiger partial charge in [-0.05, 0) is 118 Å². The highest BCUT2D eigenvalue weighted by molar-refractivity contribution is 5.09. The summed E-state index contributed by atoms with van der Waals surface area (Å²) in [6, 6.07) is 0. The van der Waals surface area contributed by atoms with Gasteiger partial charge in [0, 0.05) is 19.5 Å². The van der Waals surface area contributed by atoms with E-state index in [0.29, 0.717) is 23.9 Å². The molecule has 0 saturated heterocycles. The molecule has 9 atom stereocenters. The van der Waals surface area contributed by atoms with Gasteiger partial charge in [-0.15, -0.1) is 0 Å². The van der Waals surface area contributed by atoms with Crippen LogP contribution < -0.4 is 0 Å². The Morgan fingerprint density at radius 1 is 1.03 bits per heavy atom. The number of hydrogen-bond acceptors (Lipinski definition) is 4. The normalized spacial score (nSPS) is 44.4. The summed E-state index contributed by atoms with van der Waals surface area (Å²) >= 11 is 0. The van der Waals surface area contributed by atoms with Crippen molar-refractivity contribution in [1.29, 1.82) is 0 Å². The largest absolute Gasteiger partial charge is 0.387 e. The molecule has 4 fully saturated rings. The van der Waals surface area contributed by atoms with Crippen molar-refractivity contribution in [3.05, 3.63) is 23.8 Å². The van der Waals surface area contributed by atoms with Crippen molar-refractivity contribution in [2.24, 2.45) is 46.8 Å². The second-order valence-electron chi connectivity index (χ2n) is 12.4. The molecule has 4 saturated carbocycles. The van der Waals surface area contributed by atoms with Crippen LogP contribution in [-0.4, -0.2) is 34.4 Å². The number of rotatable bonds is 5. The molecular formula is C28H44N2O2. The SMILES string of the molecule is COC[C@@]1(O)CC[C@H]2[C@H](CC[C@@H]3[C@@H]2CC[C@]2(C)[C@@H]([C@H](C)Cc4cnc(C)cn4)CC[C@@H]32)C1. The number of aromatic nitrogens is 2. The van der Waals surface area contributed by atoms with Gasteiger partial charge in [0.25, 0.3) is 0 Å². The Morgan fingerprint density at radius 2 is 1.84 bits per heavy atom. The van der Waals surface area contributed by atoms with E-state index in [1.54, 1.807) is 7.11 Å². The quantitative estimate of drug-likeness (QED) is 0.646. The highest BCUT2D eigenvalue weighted by Crippen LogP contribution is 2.65. The van der Waals surface area contributed by atoms with Gasteiger partial charge in [0.2, 0.25) is 0 Å². The molecule has 0 radical (unpaired) electrons. The van der Waals surface area contributed by atoms with Crippen molar-refractivity contribution < 1.29 is 9.84 Å². The lowest BCUT2D eigenvalue weighted by Gasteiger charge is -2.57. The van der Waals surface area contributed by atoms with Crippen LogP contribution in [0.4, 0.5) is 0 Å². The number of hydrogen-bond donors (Lipinski definition) is 1. The maximum atomic E-state index is 11.0. The Labute approximate surface area is 195 Å². The first-order chi connectivity index (χ1) is 15.3. The number of fused-ring (bicyclic) bond motifs is 5. The van der Waals surface area contributed by atoms with Gasteiger partial charge in [-0.3, -0.25) is 9.97 Å². The summed E-state index contributed by atoms with van der Waals surface area (Å²) in [6.07, 6.45) is 16.4. The molecule has 1 heterocycles. The van der Waals surface area contributed by atoms with Crippen molar-refractivity contribution in [2.45, 2.75) is 90.6 Å². The van der Waals surface area contributed by atoms with Gasteiger partial charge in [0.15, 0.2) is 0 Å². The lowest BCUT2D eigenvalue weighted by atomic mass is 9.48. The molecule has 0 spiro atoms. The first-order valence-corrected chi connectivity index (χ1v) is 13.3. The molecule has 4 nitrogen and oxygen atoms in total. The zero-order valence-corrected chi connectivity index (χ0v) is 20.7. The van der Waals surface area contributed by atoms with Crippen LogP contribution in [0.3, 0.4) is 0 Å². The standard InChI is InChI=1S/C28H44N2O2/c1-18(13-21-16-29-19(2)15-30-21)25-7-8-26-24-6-5-20-14-28(31,17-32-4)12-10-22(20)23(24)9-11-27(25,26)3/h15-16,18,20,22-26,31H,5-14,17H2,1-4H3/t18-,20-,22+,23-,24-,25-,26+,27-,28-/m1/s1. The summed E-state index contributed by atoms with van der Waals surface area (Å²) in [5, 5.41) is 11.0. The van der Waals surface area contributed by atoms with Crippen LogP contribution >= 0.6 is 0 Å². The predicted octanol–water partition coefficient (Wildman–Crippen LogP) is 5.61. The van der Waals surface area contributed by atoms with Gasteiger partial charge in [0.05, 0.1) is 23.6 Å². The molecule has 0 amide bonds. The van der Waals surface area contributed by atoms with E-state index in [1.165, 1.54) is 44.9 Å². The molecule has 5 rings (SSSR count). The van der Waals surface area contributed by atoms with Gasteiger partial charge in [-0.2, -0.15) is 0 Å². The summed E-state index contributed by atoms with van der Waals surface area (Å²) in [6.45, 7) is 7.64. The van der Waals surface area contributed by atoms with E-state index < -0.39 is 5.60 Å². The Morgan fingerprint density at radius 3 is 2.59 bits per heavy atom. The van der Waals surface area contributed by atoms with Crippen LogP contribution in [0.15, 0.2) is 12.4 Å². The van der Waals surface area contributed by atoms with E-state index in [9.17, 15) is 5.11 Å². The van der Waals surface area contributed by atoms with Crippen molar-refractivity contribution in [3.63, 3.8) is 0 Å². The Bertz CT molecular complexity index is 797. The van der Waals surface area contributed by atoms with Crippen molar-refractivity contribution in [1.82, 2.24) is 9.97 Å². The minimum absolute atomic E-state index is 0.497. The monoisotopic (exact) mass is 440 g/mol. The zero-order chi connectivity index (χ0) is 22.5.